The van der Waals surface area contributed by atoms with E-state index in [1.165, 1.54) is 20.3 Å². The first-order valence-corrected chi connectivity index (χ1v) is 5.34. The molecule has 102 valence electrons. The minimum atomic E-state index is -0.339. The zero-order chi connectivity index (χ0) is 13.0. The van der Waals surface area contributed by atoms with Crippen LogP contribution in [-0.2, 0) is 0 Å². The maximum Gasteiger partial charge on any atom is 0.131 e. The van der Waals surface area contributed by atoms with Crippen LogP contribution < -0.4 is 15.2 Å². The summed E-state index contributed by atoms with van der Waals surface area (Å²) >= 11 is 0. The van der Waals surface area contributed by atoms with Crippen molar-refractivity contribution in [1.29, 1.82) is 0 Å². The molecule has 1 aromatic carbocycles. The van der Waals surface area contributed by atoms with Crippen LogP contribution in [0.2, 0.25) is 0 Å². The fraction of sp³-hybridized carbons (Fsp3) is 0.385. The zero-order valence-electron chi connectivity index (χ0n) is 10.9. The zero-order valence-corrected chi connectivity index (χ0v) is 11.7. The first-order chi connectivity index (χ1) is 7.99. The Kier molecular flexibility index (Phi) is 6.58. The monoisotopic (exact) mass is 273 g/mol. The lowest BCUT2D eigenvalue weighted by Gasteiger charge is -2.18. The van der Waals surface area contributed by atoms with Gasteiger partial charge in [-0.3, -0.25) is 0 Å². The average Bonchev–Trinajstić information content (AvgIpc) is 2.26. The van der Waals surface area contributed by atoms with Crippen molar-refractivity contribution < 1.29 is 14.6 Å². The number of hydrogen-bond donors (Lipinski definition) is 2. The summed E-state index contributed by atoms with van der Waals surface area (Å²) in [5.74, 6) is 1.14. The highest BCUT2D eigenvalue weighted by Gasteiger charge is 2.18. The molecule has 0 aliphatic rings. The van der Waals surface area contributed by atoms with Crippen molar-refractivity contribution in [2.75, 3.05) is 14.2 Å². The van der Waals surface area contributed by atoms with Crippen molar-refractivity contribution in [1.82, 2.24) is 0 Å². The molecular formula is C13H20ClNO3. The standard InChI is InChI=1S/C13H19NO3.ClH/c1-8(2)5-10(14)13-11(15)6-9(16-3)7-12(13)17-4;/h6-7,10,15H,1,5,14H2,2-4H3;1H/t10-;/m1./s1. The van der Waals surface area contributed by atoms with Gasteiger partial charge in [0.15, 0.2) is 0 Å². The molecule has 0 aliphatic carbocycles. The Bertz CT molecular complexity index is 421. The topological polar surface area (TPSA) is 64.7 Å². The second-order valence-corrected chi connectivity index (χ2v) is 4.03. The Morgan fingerprint density at radius 3 is 2.44 bits per heavy atom. The number of nitrogens with two attached hydrogens (primary N) is 1. The minimum Gasteiger partial charge on any atom is -0.507 e. The van der Waals surface area contributed by atoms with E-state index in [0.29, 0.717) is 23.5 Å². The second-order valence-electron chi connectivity index (χ2n) is 4.03. The molecule has 0 bridgehead atoms. The van der Waals surface area contributed by atoms with Crippen LogP contribution in [0.3, 0.4) is 0 Å². The van der Waals surface area contributed by atoms with Crippen LogP contribution in [0.1, 0.15) is 24.9 Å². The first-order valence-electron chi connectivity index (χ1n) is 5.34. The van der Waals surface area contributed by atoms with Gasteiger partial charge in [-0.05, 0) is 13.3 Å². The molecule has 5 heteroatoms. The Morgan fingerprint density at radius 1 is 1.39 bits per heavy atom. The van der Waals surface area contributed by atoms with Crippen molar-refractivity contribution in [3.05, 3.63) is 29.8 Å². The lowest BCUT2D eigenvalue weighted by atomic mass is 9.99. The second kappa shape index (κ2) is 7.13. The van der Waals surface area contributed by atoms with Gasteiger partial charge in [0.25, 0.3) is 0 Å². The van der Waals surface area contributed by atoms with Gasteiger partial charge < -0.3 is 20.3 Å². The van der Waals surface area contributed by atoms with Crippen LogP contribution in [0, 0.1) is 0 Å². The summed E-state index contributed by atoms with van der Waals surface area (Å²) in [6.07, 6.45) is 0.594. The molecule has 0 radical (unpaired) electrons. The van der Waals surface area contributed by atoms with Crippen molar-refractivity contribution in [2.24, 2.45) is 5.73 Å². The van der Waals surface area contributed by atoms with Gasteiger partial charge in [0.2, 0.25) is 0 Å². The van der Waals surface area contributed by atoms with Crippen LogP contribution in [-0.4, -0.2) is 19.3 Å². The number of phenols is 1. The van der Waals surface area contributed by atoms with Crippen LogP contribution >= 0.6 is 12.4 Å². The van der Waals surface area contributed by atoms with Gasteiger partial charge in [-0.2, -0.15) is 0 Å². The van der Waals surface area contributed by atoms with E-state index in [9.17, 15) is 5.11 Å². The molecule has 0 aromatic heterocycles. The summed E-state index contributed by atoms with van der Waals surface area (Å²) in [5.41, 5.74) is 7.56. The Balaban J connectivity index is 0.00000289. The maximum atomic E-state index is 9.95. The molecule has 1 atom stereocenters. The van der Waals surface area contributed by atoms with Gasteiger partial charge in [0.1, 0.15) is 17.2 Å². The molecular weight excluding hydrogens is 254 g/mol. The predicted molar refractivity (Wildman–Crippen MR) is 74.8 cm³/mol. The highest BCUT2D eigenvalue weighted by molar-refractivity contribution is 5.85. The third kappa shape index (κ3) is 3.82. The van der Waals surface area contributed by atoms with Gasteiger partial charge in [-0.15, -0.1) is 19.0 Å². The summed E-state index contributed by atoms with van der Waals surface area (Å²) in [4.78, 5) is 0. The molecule has 4 nitrogen and oxygen atoms in total. The van der Waals surface area contributed by atoms with Gasteiger partial charge in [-0.25, -0.2) is 0 Å². The SMILES string of the molecule is C=C(C)C[C@@H](N)c1c(O)cc(OC)cc1OC.Cl. The molecule has 3 N–H and O–H groups in total. The number of ether oxygens (including phenoxy) is 2. The van der Waals surface area contributed by atoms with E-state index < -0.39 is 0 Å². The van der Waals surface area contributed by atoms with E-state index in [4.69, 9.17) is 15.2 Å². The third-order valence-corrected chi connectivity index (χ3v) is 2.49. The van der Waals surface area contributed by atoms with Crippen molar-refractivity contribution >= 4 is 12.4 Å². The quantitative estimate of drug-likeness (QED) is 0.810. The van der Waals surface area contributed by atoms with Gasteiger partial charge in [0.05, 0.1) is 19.8 Å². The lowest BCUT2D eigenvalue weighted by molar-refractivity contribution is 0.375. The number of benzene rings is 1. The Morgan fingerprint density at radius 2 is 2.00 bits per heavy atom. The number of halogens is 1. The third-order valence-electron chi connectivity index (χ3n) is 2.49. The van der Waals surface area contributed by atoms with E-state index >= 15 is 0 Å². The fourth-order valence-electron chi connectivity index (χ4n) is 1.72. The number of rotatable bonds is 5. The molecule has 0 spiro atoms. The fourth-order valence-corrected chi connectivity index (χ4v) is 1.72. The smallest absolute Gasteiger partial charge is 0.131 e. The molecule has 1 aromatic rings. The van der Waals surface area contributed by atoms with Gasteiger partial charge >= 0.3 is 0 Å². The Labute approximate surface area is 114 Å². The van der Waals surface area contributed by atoms with Gasteiger partial charge in [0, 0.05) is 18.2 Å². The van der Waals surface area contributed by atoms with Crippen LogP contribution in [0.25, 0.3) is 0 Å². The van der Waals surface area contributed by atoms with Crippen molar-refractivity contribution in [3.63, 3.8) is 0 Å². The predicted octanol–water partition coefficient (Wildman–Crippen LogP) is 2.80. The summed E-state index contributed by atoms with van der Waals surface area (Å²) < 4.78 is 10.3. The summed E-state index contributed by atoms with van der Waals surface area (Å²) in [6.45, 7) is 5.71. The summed E-state index contributed by atoms with van der Waals surface area (Å²) in [5, 5.41) is 9.95. The summed E-state index contributed by atoms with van der Waals surface area (Å²) in [7, 11) is 3.06. The minimum absolute atomic E-state index is 0. The molecule has 0 unspecified atom stereocenters. The highest BCUT2D eigenvalue weighted by Crippen LogP contribution is 2.38. The Hall–Kier alpha value is -1.39. The summed E-state index contributed by atoms with van der Waals surface area (Å²) in [6, 6.07) is 2.89. The van der Waals surface area contributed by atoms with E-state index in [0.717, 1.165) is 5.57 Å². The molecule has 0 aliphatic heterocycles. The van der Waals surface area contributed by atoms with Crippen molar-refractivity contribution in [2.45, 2.75) is 19.4 Å². The number of aromatic hydroxyl groups is 1. The van der Waals surface area contributed by atoms with Crippen molar-refractivity contribution in [3.8, 4) is 17.2 Å². The molecule has 18 heavy (non-hydrogen) atoms. The molecule has 0 saturated carbocycles. The van der Waals surface area contributed by atoms with Gasteiger partial charge in [-0.1, -0.05) is 5.57 Å². The number of hydrogen-bond acceptors (Lipinski definition) is 4. The number of methoxy groups -OCH3 is 2. The van der Waals surface area contributed by atoms with E-state index in [-0.39, 0.29) is 24.2 Å². The van der Waals surface area contributed by atoms with Crippen LogP contribution in [0.5, 0.6) is 17.2 Å². The van der Waals surface area contributed by atoms with E-state index in [2.05, 4.69) is 6.58 Å². The molecule has 0 heterocycles. The molecule has 0 saturated heterocycles. The molecule has 0 fully saturated rings. The normalized spacial score (nSPS) is 11.3. The van der Waals surface area contributed by atoms with E-state index in [1.54, 1.807) is 6.07 Å². The first kappa shape index (κ1) is 16.6. The highest BCUT2D eigenvalue weighted by atomic mass is 35.5. The number of phenolic OH excluding ortho intramolecular Hbond substituents is 1. The van der Waals surface area contributed by atoms with Crippen LogP contribution in [0.4, 0.5) is 0 Å². The largest absolute Gasteiger partial charge is 0.507 e. The molecule has 0 amide bonds. The molecule has 1 rings (SSSR count). The van der Waals surface area contributed by atoms with Crippen LogP contribution in [0.15, 0.2) is 24.3 Å². The average molecular weight is 274 g/mol. The maximum absolute atomic E-state index is 9.95. The van der Waals surface area contributed by atoms with E-state index in [1.807, 2.05) is 6.92 Å². The lowest BCUT2D eigenvalue weighted by Crippen LogP contribution is -2.12.